The molecule has 1 saturated heterocycles. The maximum Gasteiger partial charge on any atom is 0.243 e. The molecule has 5 heteroatoms. The zero-order chi connectivity index (χ0) is 15.8. The summed E-state index contributed by atoms with van der Waals surface area (Å²) in [7, 11) is -3.54. The number of sulfonamides is 1. The Kier molecular flexibility index (Phi) is 4.47. The smallest absolute Gasteiger partial charge is 0.243 e. The monoisotopic (exact) mass is 311 g/mol. The summed E-state index contributed by atoms with van der Waals surface area (Å²) in [6.45, 7) is 8.22. The van der Waals surface area contributed by atoms with Crippen molar-refractivity contribution in [2.75, 3.05) is 6.54 Å². The first-order valence-corrected chi connectivity index (χ1v) is 8.84. The highest BCUT2D eigenvalue weighted by Crippen LogP contribution is 2.34. The lowest BCUT2D eigenvalue weighted by Crippen LogP contribution is -2.47. The zero-order valence-corrected chi connectivity index (χ0v) is 14.0. The van der Waals surface area contributed by atoms with E-state index in [-0.39, 0.29) is 11.5 Å². The van der Waals surface area contributed by atoms with Gasteiger partial charge in [-0.05, 0) is 37.3 Å². The minimum atomic E-state index is -3.54. The number of aliphatic hydroxyl groups excluding tert-OH is 1. The lowest BCUT2D eigenvalue weighted by molar-refractivity contribution is 0.0156. The zero-order valence-electron chi connectivity index (χ0n) is 13.2. The molecule has 0 aliphatic carbocycles. The second-order valence-corrected chi connectivity index (χ2v) is 8.84. The van der Waals surface area contributed by atoms with Crippen molar-refractivity contribution in [2.24, 2.45) is 5.41 Å². The molecule has 0 spiro atoms. The number of benzene rings is 1. The second-order valence-electron chi connectivity index (χ2n) is 6.95. The summed E-state index contributed by atoms with van der Waals surface area (Å²) in [5, 5.41) is 10.5. The summed E-state index contributed by atoms with van der Waals surface area (Å²) in [4.78, 5) is 0.307. The summed E-state index contributed by atoms with van der Waals surface area (Å²) in [6, 6.07) is 6.56. The quantitative estimate of drug-likeness (QED) is 0.933. The summed E-state index contributed by atoms with van der Waals surface area (Å²) in [5.41, 5.74) is 0.692. The first kappa shape index (κ1) is 16.5. The van der Waals surface area contributed by atoms with Crippen LogP contribution < -0.4 is 0 Å². The maximum absolute atomic E-state index is 12.8. The van der Waals surface area contributed by atoms with E-state index >= 15 is 0 Å². The Morgan fingerprint density at radius 1 is 1.24 bits per heavy atom. The Morgan fingerprint density at radius 3 is 2.33 bits per heavy atom. The van der Waals surface area contributed by atoms with Crippen molar-refractivity contribution in [1.82, 2.24) is 4.31 Å². The fraction of sp³-hybridized carbons (Fsp3) is 0.625. The van der Waals surface area contributed by atoms with Gasteiger partial charge < -0.3 is 5.11 Å². The van der Waals surface area contributed by atoms with Gasteiger partial charge in [0.25, 0.3) is 0 Å². The third kappa shape index (κ3) is 3.30. The van der Waals surface area contributed by atoms with Crippen LogP contribution in [0.3, 0.4) is 0 Å². The topological polar surface area (TPSA) is 57.6 Å². The van der Waals surface area contributed by atoms with Crippen LogP contribution in [0, 0.1) is 12.3 Å². The van der Waals surface area contributed by atoms with E-state index < -0.39 is 16.1 Å². The number of aliphatic hydroxyl groups is 1. The Morgan fingerprint density at radius 2 is 1.81 bits per heavy atom. The van der Waals surface area contributed by atoms with Gasteiger partial charge in [-0.3, -0.25) is 0 Å². The van der Waals surface area contributed by atoms with Crippen molar-refractivity contribution >= 4 is 10.0 Å². The molecule has 118 valence electrons. The van der Waals surface area contributed by atoms with E-state index in [2.05, 4.69) is 0 Å². The average molecular weight is 311 g/mol. The van der Waals surface area contributed by atoms with Crippen molar-refractivity contribution in [1.29, 1.82) is 0 Å². The van der Waals surface area contributed by atoms with Crippen LogP contribution in [-0.2, 0) is 10.0 Å². The van der Waals surface area contributed by atoms with Crippen LogP contribution in [0.4, 0.5) is 0 Å². The predicted octanol–water partition coefficient (Wildman–Crippen LogP) is 2.56. The van der Waals surface area contributed by atoms with Crippen LogP contribution in [-0.4, -0.2) is 36.5 Å². The molecule has 2 atom stereocenters. The molecule has 1 aromatic rings. The number of hydrogen-bond donors (Lipinski definition) is 1. The fourth-order valence-corrected chi connectivity index (χ4v) is 4.50. The molecule has 0 bridgehead atoms. The molecule has 4 nitrogen and oxygen atoms in total. The molecule has 0 aromatic heterocycles. The molecule has 2 unspecified atom stereocenters. The molecular weight excluding hydrogens is 286 g/mol. The van der Waals surface area contributed by atoms with Crippen LogP contribution in [0.5, 0.6) is 0 Å². The van der Waals surface area contributed by atoms with E-state index in [1.54, 1.807) is 24.3 Å². The molecule has 0 radical (unpaired) electrons. The van der Waals surface area contributed by atoms with Crippen LogP contribution in [0.15, 0.2) is 29.2 Å². The van der Waals surface area contributed by atoms with Gasteiger partial charge in [0, 0.05) is 6.54 Å². The molecule has 2 rings (SSSR count). The summed E-state index contributed by atoms with van der Waals surface area (Å²) >= 11 is 0. The van der Waals surface area contributed by atoms with E-state index in [0.29, 0.717) is 17.9 Å². The molecule has 1 aliphatic rings. The van der Waals surface area contributed by atoms with Gasteiger partial charge in [0.15, 0.2) is 0 Å². The molecular formula is C16H25NO3S. The Labute approximate surface area is 127 Å². The van der Waals surface area contributed by atoms with E-state index in [4.69, 9.17) is 0 Å². The largest absolute Gasteiger partial charge is 0.391 e. The highest BCUT2D eigenvalue weighted by atomic mass is 32.2. The first-order chi connectivity index (χ1) is 9.64. The van der Waals surface area contributed by atoms with Gasteiger partial charge in [0.05, 0.1) is 17.0 Å². The fourth-order valence-electron chi connectivity index (χ4n) is 2.80. The van der Waals surface area contributed by atoms with E-state index in [9.17, 15) is 13.5 Å². The third-order valence-electron chi connectivity index (χ3n) is 4.13. The van der Waals surface area contributed by atoms with E-state index in [0.717, 1.165) is 12.0 Å². The van der Waals surface area contributed by atoms with Crippen molar-refractivity contribution in [3.05, 3.63) is 29.8 Å². The number of aryl methyl sites for hydroxylation is 1. The molecule has 1 N–H and O–H groups in total. The normalized spacial score (nSPS) is 22.4. The highest BCUT2D eigenvalue weighted by molar-refractivity contribution is 7.89. The van der Waals surface area contributed by atoms with Crippen LogP contribution in [0.25, 0.3) is 0 Å². The first-order valence-electron chi connectivity index (χ1n) is 7.40. The van der Waals surface area contributed by atoms with Gasteiger partial charge in [-0.25, -0.2) is 8.42 Å². The molecule has 0 saturated carbocycles. The lowest BCUT2D eigenvalue weighted by atomic mass is 9.84. The van der Waals surface area contributed by atoms with E-state index in [1.807, 2.05) is 27.7 Å². The summed E-state index contributed by atoms with van der Waals surface area (Å²) in [5.74, 6) is 0. The van der Waals surface area contributed by atoms with E-state index in [1.165, 1.54) is 4.31 Å². The van der Waals surface area contributed by atoms with Gasteiger partial charge in [-0.2, -0.15) is 4.31 Å². The van der Waals surface area contributed by atoms with Crippen molar-refractivity contribution in [3.8, 4) is 0 Å². The maximum atomic E-state index is 12.8. The standard InChI is InChI=1S/C16H25NO3S/c1-12-7-9-13(10-8-12)21(19,20)17-11-5-6-14(17)15(18)16(2,3)4/h7-10,14-15,18H,5-6,11H2,1-4H3. The Balaban J connectivity index is 2.33. The molecule has 1 heterocycles. The molecule has 1 aliphatic heterocycles. The number of rotatable bonds is 3. The molecule has 21 heavy (non-hydrogen) atoms. The Bertz CT molecular complexity index is 587. The highest BCUT2D eigenvalue weighted by Gasteiger charge is 2.42. The van der Waals surface area contributed by atoms with Gasteiger partial charge in [-0.15, -0.1) is 0 Å². The molecule has 1 aromatic carbocycles. The van der Waals surface area contributed by atoms with Gasteiger partial charge in [0.1, 0.15) is 0 Å². The minimum Gasteiger partial charge on any atom is -0.391 e. The summed E-state index contributed by atoms with van der Waals surface area (Å²) < 4.78 is 27.1. The lowest BCUT2D eigenvalue weighted by Gasteiger charge is -2.35. The molecule has 1 fully saturated rings. The van der Waals surface area contributed by atoms with Crippen LogP contribution >= 0.6 is 0 Å². The van der Waals surface area contributed by atoms with Crippen LogP contribution in [0.2, 0.25) is 0 Å². The average Bonchev–Trinajstić information content (AvgIpc) is 2.87. The van der Waals surface area contributed by atoms with Gasteiger partial charge in [0.2, 0.25) is 10.0 Å². The predicted molar refractivity (Wildman–Crippen MR) is 83.6 cm³/mol. The van der Waals surface area contributed by atoms with Gasteiger partial charge >= 0.3 is 0 Å². The number of nitrogens with zero attached hydrogens (tertiary/aromatic N) is 1. The second kappa shape index (κ2) is 5.71. The minimum absolute atomic E-state index is 0.307. The Hall–Kier alpha value is -0.910. The third-order valence-corrected chi connectivity index (χ3v) is 6.07. The van der Waals surface area contributed by atoms with Crippen LogP contribution in [0.1, 0.15) is 39.2 Å². The van der Waals surface area contributed by atoms with Crippen molar-refractivity contribution in [3.63, 3.8) is 0 Å². The van der Waals surface area contributed by atoms with Crippen molar-refractivity contribution in [2.45, 2.75) is 57.6 Å². The summed E-state index contributed by atoms with van der Waals surface area (Å²) in [6.07, 6.45) is 0.840. The van der Waals surface area contributed by atoms with Crippen molar-refractivity contribution < 1.29 is 13.5 Å². The molecule has 0 amide bonds. The number of hydrogen-bond acceptors (Lipinski definition) is 3. The SMILES string of the molecule is Cc1ccc(S(=O)(=O)N2CCCC2C(O)C(C)(C)C)cc1. The van der Waals surface area contributed by atoms with Gasteiger partial charge in [-0.1, -0.05) is 38.5 Å².